The minimum absolute atomic E-state index is 1.10. The SMILES string of the molecule is C=CC=C.c1ccc2c(c1)Cc1ccccc1-2. The lowest BCUT2D eigenvalue weighted by Gasteiger charge is -1.98. The fourth-order valence-corrected chi connectivity index (χ4v) is 2.08. The van der Waals surface area contributed by atoms with Crippen LogP contribution in [0.3, 0.4) is 0 Å². The molecule has 0 radical (unpaired) electrons. The highest BCUT2D eigenvalue weighted by atomic mass is 14.2. The van der Waals surface area contributed by atoms with Crippen LogP contribution in [-0.2, 0) is 6.42 Å². The Kier molecular flexibility index (Phi) is 3.56. The molecule has 0 unspecified atom stereocenters. The molecule has 3 rings (SSSR count). The molecule has 1 aliphatic carbocycles. The molecule has 84 valence electrons. The van der Waals surface area contributed by atoms with E-state index in [4.69, 9.17) is 0 Å². The average Bonchev–Trinajstić information content (AvgIpc) is 2.77. The van der Waals surface area contributed by atoms with Gasteiger partial charge < -0.3 is 0 Å². The van der Waals surface area contributed by atoms with Crippen LogP contribution in [0.1, 0.15) is 11.1 Å². The molecule has 0 aromatic heterocycles. The Morgan fingerprint density at radius 3 is 1.53 bits per heavy atom. The van der Waals surface area contributed by atoms with E-state index in [1.54, 1.807) is 12.2 Å². The number of fused-ring (bicyclic) bond motifs is 3. The normalized spacial score (nSPS) is 10.6. The van der Waals surface area contributed by atoms with Gasteiger partial charge in [-0.2, -0.15) is 0 Å². The maximum atomic E-state index is 3.36. The third kappa shape index (κ3) is 2.36. The summed E-state index contributed by atoms with van der Waals surface area (Å²) in [5.41, 5.74) is 5.75. The largest absolute Gasteiger partial charge is 0.0991 e. The Morgan fingerprint density at radius 2 is 1.12 bits per heavy atom. The molecule has 0 heteroatoms. The molecule has 0 N–H and O–H groups in total. The van der Waals surface area contributed by atoms with E-state index in [1.165, 1.54) is 22.3 Å². The Balaban J connectivity index is 0.000000239. The summed E-state index contributed by atoms with van der Waals surface area (Å²) in [6, 6.07) is 17.3. The maximum absolute atomic E-state index is 3.36. The lowest BCUT2D eigenvalue weighted by molar-refractivity contribution is 1.26. The highest BCUT2D eigenvalue weighted by molar-refractivity contribution is 5.76. The second-order valence-electron chi connectivity index (χ2n) is 3.96. The van der Waals surface area contributed by atoms with Gasteiger partial charge in [0.05, 0.1) is 0 Å². The van der Waals surface area contributed by atoms with Crippen molar-refractivity contribution in [3.05, 3.63) is 85.0 Å². The molecule has 17 heavy (non-hydrogen) atoms. The minimum atomic E-state index is 1.10. The van der Waals surface area contributed by atoms with Gasteiger partial charge in [-0.3, -0.25) is 0 Å². The number of hydrogen-bond donors (Lipinski definition) is 0. The lowest BCUT2D eigenvalue weighted by Crippen LogP contribution is -1.77. The van der Waals surface area contributed by atoms with Crippen LogP contribution in [0, 0.1) is 0 Å². The van der Waals surface area contributed by atoms with E-state index >= 15 is 0 Å². The van der Waals surface area contributed by atoms with Gasteiger partial charge in [0.25, 0.3) is 0 Å². The van der Waals surface area contributed by atoms with E-state index in [9.17, 15) is 0 Å². The van der Waals surface area contributed by atoms with Crippen LogP contribution in [0.15, 0.2) is 73.8 Å². The van der Waals surface area contributed by atoms with E-state index in [1.807, 2.05) is 0 Å². The fraction of sp³-hybridized carbons (Fsp3) is 0.0588. The van der Waals surface area contributed by atoms with E-state index < -0.39 is 0 Å². The first-order chi connectivity index (χ1) is 8.36. The standard InChI is InChI=1S/C13H10.C4H6/c1-3-7-12-10(5-1)9-11-6-2-4-8-13(11)12;1-3-4-2/h1-8H,9H2;3-4H,1-2H2. The number of benzene rings is 2. The second kappa shape index (κ2) is 5.31. The summed E-state index contributed by atoms with van der Waals surface area (Å²) in [6.45, 7) is 6.72. The maximum Gasteiger partial charge on any atom is -0.00135 e. The first kappa shape index (κ1) is 11.4. The topological polar surface area (TPSA) is 0 Å². The van der Waals surface area contributed by atoms with Crippen molar-refractivity contribution in [1.29, 1.82) is 0 Å². The average molecular weight is 220 g/mol. The summed E-state index contributed by atoms with van der Waals surface area (Å²) in [6.07, 6.45) is 4.38. The molecule has 0 fully saturated rings. The highest BCUT2D eigenvalue weighted by Gasteiger charge is 2.15. The Hall–Kier alpha value is -2.08. The summed E-state index contributed by atoms with van der Waals surface area (Å²) in [5, 5.41) is 0. The zero-order chi connectivity index (χ0) is 12.1. The molecule has 0 heterocycles. The summed E-state index contributed by atoms with van der Waals surface area (Å²) in [5.74, 6) is 0. The molecule has 0 bridgehead atoms. The van der Waals surface area contributed by atoms with Crippen molar-refractivity contribution < 1.29 is 0 Å². The summed E-state index contributed by atoms with van der Waals surface area (Å²) >= 11 is 0. The molecule has 0 atom stereocenters. The second-order valence-corrected chi connectivity index (χ2v) is 3.96. The van der Waals surface area contributed by atoms with E-state index in [0.717, 1.165) is 6.42 Å². The zero-order valence-corrected chi connectivity index (χ0v) is 9.89. The van der Waals surface area contributed by atoms with Crippen molar-refractivity contribution in [2.45, 2.75) is 6.42 Å². The van der Waals surface area contributed by atoms with Gasteiger partial charge in [-0.05, 0) is 28.7 Å². The Bertz CT molecular complexity index is 486. The first-order valence-electron chi connectivity index (χ1n) is 5.76. The van der Waals surface area contributed by atoms with Crippen molar-refractivity contribution in [3.8, 4) is 11.1 Å². The lowest BCUT2D eigenvalue weighted by atomic mass is 10.1. The molecule has 2 aromatic carbocycles. The molecule has 0 nitrogen and oxygen atoms in total. The highest BCUT2D eigenvalue weighted by Crippen LogP contribution is 2.35. The van der Waals surface area contributed by atoms with Crippen LogP contribution in [0.5, 0.6) is 0 Å². The predicted octanol–water partition coefficient (Wildman–Crippen LogP) is 4.62. The number of rotatable bonds is 1. The Labute approximate surface area is 103 Å². The van der Waals surface area contributed by atoms with E-state index in [0.29, 0.717) is 0 Å². The van der Waals surface area contributed by atoms with Gasteiger partial charge >= 0.3 is 0 Å². The third-order valence-electron chi connectivity index (χ3n) is 2.87. The van der Waals surface area contributed by atoms with Crippen molar-refractivity contribution in [3.63, 3.8) is 0 Å². The summed E-state index contributed by atoms with van der Waals surface area (Å²) in [4.78, 5) is 0. The molecule has 0 amide bonds. The summed E-state index contributed by atoms with van der Waals surface area (Å²) < 4.78 is 0. The Morgan fingerprint density at radius 1 is 0.706 bits per heavy atom. The van der Waals surface area contributed by atoms with Crippen molar-refractivity contribution in [1.82, 2.24) is 0 Å². The van der Waals surface area contributed by atoms with Crippen LogP contribution in [-0.4, -0.2) is 0 Å². The number of hydrogen-bond acceptors (Lipinski definition) is 0. The smallest absolute Gasteiger partial charge is 0.00135 e. The van der Waals surface area contributed by atoms with Gasteiger partial charge in [0.1, 0.15) is 0 Å². The summed E-state index contributed by atoms with van der Waals surface area (Å²) in [7, 11) is 0. The van der Waals surface area contributed by atoms with Gasteiger partial charge in [0.15, 0.2) is 0 Å². The van der Waals surface area contributed by atoms with Gasteiger partial charge in [0, 0.05) is 0 Å². The third-order valence-corrected chi connectivity index (χ3v) is 2.87. The molecular weight excluding hydrogens is 204 g/mol. The van der Waals surface area contributed by atoms with Crippen LogP contribution < -0.4 is 0 Å². The molecule has 0 saturated heterocycles. The van der Waals surface area contributed by atoms with Crippen molar-refractivity contribution >= 4 is 0 Å². The molecule has 0 saturated carbocycles. The van der Waals surface area contributed by atoms with Gasteiger partial charge in [-0.1, -0.05) is 73.8 Å². The van der Waals surface area contributed by atoms with Crippen molar-refractivity contribution in [2.24, 2.45) is 0 Å². The predicted molar refractivity (Wildman–Crippen MR) is 75.1 cm³/mol. The first-order valence-corrected chi connectivity index (χ1v) is 5.76. The van der Waals surface area contributed by atoms with E-state index in [-0.39, 0.29) is 0 Å². The quantitative estimate of drug-likeness (QED) is 0.525. The van der Waals surface area contributed by atoms with Crippen LogP contribution in [0.4, 0.5) is 0 Å². The van der Waals surface area contributed by atoms with Gasteiger partial charge in [-0.25, -0.2) is 0 Å². The minimum Gasteiger partial charge on any atom is -0.0991 e. The van der Waals surface area contributed by atoms with Crippen LogP contribution >= 0.6 is 0 Å². The van der Waals surface area contributed by atoms with Gasteiger partial charge in [0.2, 0.25) is 0 Å². The molecular formula is C17H16. The molecule has 1 aliphatic rings. The molecule has 0 aliphatic heterocycles. The zero-order valence-electron chi connectivity index (χ0n) is 9.89. The monoisotopic (exact) mass is 220 g/mol. The van der Waals surface area contributed by atoms with Gasteiger partial charge in [-0.15, -0.1) is 0 Å². The number of allylic oxidation sites excluding steroid dienone is 2. The van der Waals surface area contributed by atoms with Crippen LogP contribution in [0.2, 0.25) is 0 Å². The van der Waals surface area contributed by atoms with Crippen molar-refractivity contribution in [2.75, 3.05) is 0 Å². The molecule has 2 aromatic rings. The fourth-order valence-electron chi connectivity index (χ4n) is 2.08. The van der Waals surface area contributed by atoms with Crippen LogP contribution in [0.25, 0.3) is 11.1 Å². The van der Waals surface area contributed by atoms with E-state index in [2.05, 4.69) is 61.7 Å². The molecule has 0 spiro atoms.